The molecule has 6 unspecified atom stereocenters. The van der Waals surface area contributed by atoms with Gasteiger partial charge in [-0.2, -0.15) is 0 Å². The zero-order valence-corrected chi connectivity index (χ0v) is 25.6. The van der Waals surface area contributed by atoms with Crippen molar-refractivity contribution in [2.24, 2.45) is 29.1 Å². The first-order chi connectivity index (χ1) is 19.9. The molecular formula is C34H44N2O6. The first kappa shape index (κ1) is 30.2. The van der Waals surface area contributed by atoms with Gasteiger partial charge in [-0.15, -0.1) is 0 Å². The first-order valence-corrected chi connectivity index (χ1v) is 15.7. The predicted octanol–water partition coefficient (Wildman–Crippen LogP) is 8.37. The number of carbonyl (C=O) groups is 1. The van der Waals surface area contributed by atoms with E-state index in [4.69, 9.17) is 4.74 Å². The van der Waals surface area contributed by atoms with Crippen molar-refractivity contribution in [3.05, 3.63) is 78.4 Å². The first-order valence-electron chi connectivity index (χ1n) is 15.7. The van der Waals surface area contributed by atoms with E-state index in [0.717, 1.165) is 54.7 Å². The largest absolute Gasteiger partial charge is 0.458 e. The molecule has 0 amide bonds. The van der Waals surface area contributed by atoms with Crippen LogP contribution < -0.4 is 0 Å². The van der Waals surface area contributed by atoms with E-state index in [1.165, 1.54) is 54.4 Å². The Balaban J connectivity index is 1.29. The zero-order chi connectivity index (χ0) is 30.3. The van der Waals surface area contributed by atoms with Crippen LogP contribution >= 0.6 is 0 Å². The molecule has 0 radical (unpaired) electrons. The SMILES string of the molecule is CC(C)C(C)CCC(C)C1CCC2c3ccc4c(c3CCC21C)CCC(OC(=O)c1cc([N+](=O)[O-])cc([N+](=O)[O-])c1)C4. The van der Waals surface area contributed by atoms with Crippen molar-refractivity contribution in [3.8, 4) is 0 Å². The Morgan fingerprint density at radius 3 is 2.29 bits per heavy atom. The molecule has 8 heteroatoms. The van der Waals surface area contributed by atoms with Gasteiger partial charge in [-0.1, -0.05) is 59.6 Å². The standard InChI is InChI=1S/C34H44N2O6/c1-20(2)21(3)6-7-22(4)31-12-13-32-30-10-8-23-18-27(9-11-28(23)29(30)14-15-34(31,32)5)42-33(37)24-16-25(35(38)39)19-26(17-24)36(40)41/h8,10,16-17,19-22,27,31-32H,6-7,9,11-15,18H2,1-5H3. The zero-order valence-electron chi connectivity index (χ0n) is 25.6. The van der Waals surface area contributed by atoms with E-state index >= 15 is 0 Å². The topological polar surface area (TPSA) is 113 Å². The Hall–Kier alpha value is -3.29. The molecule has 0 aliphatic heterocycles. The molecule has 0 saturated heterocycles. The lowest BCUT2D eigenvalue weighted by atomic mass is 9.59. The number of hydrogen-bond donors (Lipinski definition) is 0. The Kier molecular flexibility index (Phi) is 8.46. The predicted molar refractivity (Wildman–Crippen MR) is 162 cm³/mol. The highest BCUT2D eigenvalue weighted by Gasteiger charge is 2.51. The van der Waals surface area contributed by atoms with E-state index in [1.807, 2.05) is 0 Å². The Morgan fingerprint density at radius 1 is 0.952 bits per heavy atom. The molecule has 3 aliphatic rings. The summed E-state index contributed by atoms with van der Waals surface area (Å²) in [6.07, 6.45) is 9.20. The fourth-order valence-electron chi connectivity index (χ4n) is 8.30. The van der Waals surface area contributed by atoms with Gasteiger partial charge in [-0.25, -0.2) is 4.79 Å². The second-order valence-corrected chi connectivity index (χ2v) is 13.8. The van der Waals surface area contributed by atoms with Crippen LogP contribution in [0, 0.1) is 49.3 Å². The van der Waals surface area contributed by atoms with Crippen LogP contribution in [0.5, 0.6) is 0 Å². The van der Waals surface area contributed by atoms with Crippen LogP contribution in [0.4, 0.5) is 11.4 Å². The molecule has 226 valence electrons. The van der Waals surface area contributed by atoms with E-state index < -0.39 is 27.2 Å². The van der Waals surface area contributed by atoms with Crippen LogP contribution in [0.15, 0.2) is 30.3 Å². The van der Waals surface area contributed by atoms with Crippen molar-refractivity contribution < 1.29 is 19.4 Å². The number of nitrogens with zero attached hydrogens (tertiary/aromatic N) is 2. The van der Waals surface area contributed by atoms with E-state index in [9.17, 15) is 25.0 Å². The van der Waals surface area contributed by atoms with Crippen molar-refractivity contribution in [2.45, 2.75) is 104 Å². The van der Waals surface area contributed by atoms with Crippen LogP contribution in [-0.2, 0) is 24.0 Å². The monoisotopic (exact) mass is 576 g/mol. The third-order valence-corrected chi connectivity index (χ3v) is 11.2. The summed E-state index contributed by atoms with van der Waals surface area (Å²) in [7, 11) is 0. The molecule has 0 spiro atoms. The molecule has 5 rings (SSSR count). The number of fused-ring (bicyclic) bond motifs is 5. The summed E-state index contributed by atoms with van der Waals surface area (Å²) in [5, 5.41) is 22.5. The molecule has 0 bridgehead atoms. The molecule has 0 N–H and O–H groups in total. The summed E-state index contributed by atoms with van der Waals surface area (Å²) >= 11 is 0. The van der Waals surface area contributed by atoms with Crippen molar-refractivity contribution in [3.63, 3.8) is 0 Å². The molecule has 2 aromatic carbocycles. The highest BCUT2D eigenvalue weighted by molar-refractivity contribution is 5.91. The number of non-ortho nitro benzene ring substituents is 2. The average Bonchev–Trinajstić information content (AvgIpc) is 3.32. The van der Waals surface area contributed by atoms with E-state index in [0.29, 0.717) is 24.2 Å². The van der Waals surface area contributed by atoms with Gasteiger partial charge in [0.25, 0.3) is 11.4 Å². The van der Waals surface area contributed by atoms with Crippen molar-refractivity contribution >= 4 is 17.3 Å². The van der Waals surface area contributed by atoms with Gasteiger partial charge in [0.2, 0.25) is 0 Å². The van der Waals surface area contributed by atoms with Gasteiger partial charge in [0.15, 0.2) is 0 Å². The summed E-state index contributed by atoms with van der Waals surface area (Å²) in [4.78, 5) is 33.9. The summed E-state index contributed by atoms with van der Waals surface area (Å²) in [5.41, 5.74) is 4.83. The molecule has 1 saturated carbocycles. The molecule has 2 aromatic rings. The van der Waals surface area contributed by atoms with Gasteiger partial charge < -0.3 is 4.74 Å². The fraction of sp³-hybridized carbons (Fsp3) is 0.618. The number of nitro benzene ring substituents is 2. The van der Waals surface area contributed by atoms with Gasteiger partial charge in [0.1, 0.15) is 6.10 Å². The summed E-state index contributed by atoms with van der Waals surface area (Å²) in [5.74, 6) is 2.84. The lowest BCUT2D eigenvalue weighted by Gasteiger charge is -2.45. The molecule has 8 nitrogen and oxygen atoms in total. The third kappa shape index (κ3) is 5.69. The lowest BCUT2D eigenvalue weighted by molar-refractivity contribution is -0.394. The van der Waals surface area contributed by atoms with Crippen molar-refractivity contribution in [1.29, 1.82) is 0 Å². The third-order valence-electron chi connectivity index (χ3n) is 11.2. The van der Waals surface area contributed by atoms with Gasteiger partial charge in [0.05, 0.1) is 21.5 Å². The van der Waals surface area contributed by atoms with Crippen LogP contribution in [-0.4, -0.2) is 21.9 Å². The normalized spacial score (nSPS) is 26.1. The minimum Gasteiger partial charge on any atom is -0.458 e. The maximum Gasteiger partial charge on any atom is 0.338 e. The summed E-state index contributed by atoms with van der Waals surface area (Å²) < 4.78 is 5.74. The van der Waals surface area contributed by atoms with Gasteiger partial charge in [-0.3, -0.25) is 20.2 Å². The Labute approximate surface area is 248 Å². The second-order valence-electron chi connectivity index (χ2n) is 13.8. The van der Waals surface area contributed by atoms with Crippen LogP contribution in [0.3, 0.4) is 0 Å². The van der Waals surface area contributed by atoms with E-state index in [-0.39, 0.29) is 11.7 Å². The highest BCUT2D eigenvalue weighted by atomic mass is 16.6. The molecule has 0 heterocycles. The molecule has 1 fully saturated rings. The number of hydrogen-bond acceptors (Lipinski definition) is 6. The van der Waals surface area contributed by atoms with Gasteiger partial charge in [0, 0.05) is 18.6 Å². The quantitative estimate of drug-likeness (QED) is 0.168. The maximum atomic E-state index is 12.9. The van der Waals surface area contributed by atoms with Crippen molar-refractivity contribution in [2.75, 3.05) is 0 Å². The van der Waals surface area contributed by atoms with Crippen molar-refractivity contribution in [1.82, 2.24) is 0 Å². The highest BCUT2D eigenvalue weighted by Crippen LogP contribution is 2.61. The fourth-order valence-corrected chi connectivity index (χ4v) is 8.30. The maximum absolute atomic E-state index is 12.9. The average molecular weight is 577 g/mol. The molecule has 42 heavy (non-hydrogen) atoms. The molecule has 6 atom stereocenters. The minimum absolute atomic E-state index is 0.171. The van der Waals surface area contributed by atoms with Gasteiger partial charge >= 0.3 is 5.97 Å². The molecule has 3 aliphatic carbocycles. The summed E-state index contributed by atoms with van der Waals surface area (Å²) in [6, 6.07) is 7.49. The number of rotatable bonds is 9. The number of esters is 1. The van der Waals surface area contributed by atoms with E-state index in [2.05, 4.69) is 46.8 Å². The van der Waals surface area contributed by atoms with E-state index in [1.54, 1.807) is 0 Å². The van der Waals surface area contributed by atoms with Gasteiger partial charge in [-0.05, 0) is 95.8 Å². The Bertz CT molecular complexity index is 1350. The number of ether oxygens (including phenoxy) is 1. The lowest BCUT2D eigenvalue weighted by Crippen LogP contribution is -2.36. The number of nitro groups is 2. The smallest absolute Gasteiger partial charge is 0.338 e. The minimum atomic E-state index is -0.766. The van der Waals surface area contributed by atoms with Crippen LogP contribution in [0.2, 0.25) is 0 Å². The number of carbonyl (C=O) groups excluding carboxylic acids is 1. The van der Waals surface area contributed by atoms with Crippen LogP contribution in [0.25, 0.3) is 0 Å². The summed E-state index contributed by atoms with van der Waals surface area (Å²) in [6.45, 7) is 12.1. The number of benzene rings is 2. The Morgan fingerprint density at radius 2 is 1.64 bits per heavy atom. The van der Waals surface area contributed by atoms with Crippen LogP contribution in [0.1, 0.15) is 112 Å². The second kappa shape index (κ2) is 11.8. The molecule has 0 aromatic heterocycles. The molecular weight excluding hydrogens is 532 g/mol.